The Kier molecular flexibility index (Phi) is 2.59. The molecule has 1 unspecified atom stereocenters. The van der Waals surface area contributed by atoms with Crippen LogP contribution in [-0.4, -0.2) is 30.6 Å². The van der Waals surface area contributed by atoms with Gasteiger partial charge in [0.2, 0.25) is 0 Å². The molecule has 18 heavy (non-hydrogen) atoms. The maximum atomic E-state index is 6.02. The molecule has 0 radical (unpaired) electrons. The number of nitrogens with two attached hydrogens (primary N) is 1. The van der Waals surface area contributed by atoms with Crippen LogP contribution in [0.1, 0.15) is 12.5 Å². The minimum atomic E-state index is -0.280. The third kappa shape index (κ3) is 1.69. The Morgan fingerprint density at radius 3 is 2.89 bits per heavy atom. The third-order valence-electron chi connectivity index (χ3n) is 3.72. The first kappa shape index (κ1) is 11.3. The summed E-state index contributed by atoms with van der Waals surface area (Å²) < 4.78 is 0. The smallest absolute Gasteiger partial charge is 0.175 e. The fraction of sp³-hybridized carbons (Fsp3) is 0.357. The molecule has 4 nitrogen and oxygen atoms in total. The summed E-state index contributed by atoms with van der Waals surface area (Å²) in [6.45, 7) is 3.05. The molecule has 2 aliphatic heterocycles. The molecule has 3 rings (SSSR count). The summed E-state index contributed by atoms with van der Waals surface area (Å²) in [5.41, 5.74) is 9.82. The van der Waals surface area contributed by atoms with Crippen molar-refractivity contribution in [1.82, 2.24) is 4.90 Å². The van der Waals surface area contributed by atoms with E-state index < -0.39 is 0 Å². The molecule has 0 bridgehead atoms. The zero-order valence-corrected chi connectivity index (χ0v) is 10.8. The molecule has 0 aliphatic carbocycles. The van der Waals surface area contributed by atoms with E-state index >= 15 is 0 Å². The topological polar surface area (TPSA) is 44.9 Å². The van der Waals surface area contributed by atoms with E-state index in [4.69, 9.17) is 5.73 Å². The minimum Gasteiger partial charge on any atom is -0.344 e. The summed E-state index contributed by atoms with van der Waals surface area (Å²) in [7, 11) is 1.97. The number of fused-ring (bicyclic) bond motifs is 1. The normalized spacial score (nSPS) is 22.7. The van der Waals surface area contributed by atoms with Crippen LogP contribution in [-0.2, 0) is 6.42 Å². The molecule has 94 valence electrons. The van der Waals surface area contributed by atoms with Crippen LogP contribution in [0.15, 0.2) is 41.0 Å². The Bertz CT molecular complexity index is 532. The van der Waals surface area contributed by atoms with Crippen molar-refractivity contribution in [2.45, 2.75) is 19.6 Å². The Morgan fingerprint density at radius 1 is 1.33 bits per heavy atom. The predicted molar refractivity (Wildman–Crippen MR) is 74.4 cm³/mol. The van der Waals surface area contributed by atoms with E-state index in [0.717, 1.165) is 24.5 Å². The molecule has 0 saturated carbocycles. The Morgan fingerprint density at radius 2 is 2.11 bits per heavy atom. The van der Waals surface area contributed by atoms with Gasteiger partial charge in [-0.1, -0.05) is 18.2 Å². The van der Waals surface area contributed by atoms with Gasteiger partial charge in [-0.2, -0.15) is 0 Å². The van der Waals surface area contributed by atoms with E-state index in [1.54, 1.807) is 0 Å². The minimum absolute atomic E-state index is 0.280. The maximum Gasteiger partial charge on any atom is 0.175 e. The second kappa shape index (κ2) is 4.14. The fourth-order valence-corrected chi connectivity index (χ4v) is 2.48. The summed E-state index contributed by atoms with van der Waals surface area (Å²) in [6.07, 6.45) is 2.90. The summed E-state index contributed by atoms with van der Waals surface area (Å²) in [5, 5.41) is 0. The van der Waals surface area contributed by atoms with E-state index in [2.05, 4.69) is 47.2 Å². The molecule has 1 atom stereocenters. The van der Waals surface area contributed by atoms with E-state index in [-0.39, 0.29) is 6.29 Å². The van der Waals surface area contributed by atoms with Gasteiger partial charge in [-0.15, -0.1) is 0 Å². The first-order valence-electron chi connectivity index (χ1n) is 6.27. The molecule has 2 aliphatic rings. The molecule has 4 heteroatoms. The molecule has 0 fully saturated rings. The van der Waals surface area contributed by atoms with Crippen molar-refractivity contribution in [2.75, 3.05) is 18.5 Å². The lowest BCUT2D eigenvalue weighted by molar-refractivity contribution is 0.315. The van der Waals surface area contributed by atoms with Gasteiger partial charge >= 0.3 is 0 Å². The van der Waals surface area contributed by atoms with Gasteiger partial charge in [-0.25, -0.2) is 4.99 Å². The van der Waals surface area contributed by atoms with Crippen LogP contribution in [0.5, 0.6) is 0 Å². The summed E-state index contributed by atoms with van der Waals surface area (Å²) in [4.78, 5) is 8.80. The van der Waals surface area contributed by atoms with Crippen molar-refractivity contribution < 1.29 is 0 Å². The highest BCUT2D eigenvalue weighted by atomic mass is 15.3. The van der Waals surface area contributed by atoms with Gasteiger partial charge in [0.1, 0.15) is 5.84 Å². The maximum absolute atomic E-state index is 6.02. The van der Waals surface area contributed by atoms with Crippen LogP contribution < -0.4 is 10.6 Å². The van der Waals surface area contributed by atoms with Crippen molar-refractivity contribution in [2.24, 2.45) is 10.7 Å². The van der Waals surface area contributed by atoms with E-state index in [9.17, 15) is 0 Å². The molecule has 2 N–H and O–H groups in total. The zero-order valence-electron chi connectivity index (χ0n) is 10.8. The van der Waals surface area contributed by atoms with Gasteiger partial charge in [0.25, 0.3) is 0 Å². The van der Waals surface area contributed by atoms with Gasteiger partial charge in [0.05, 0.1) is 0 Å². The molecule has 2 heterocycles. The third-order valence-corrected chi connectivity index (χ3v) is 3.72. The molecule has 0 amide bonds. The summed E-state index contributed by atoms with van der Waals surface area (Å²) in [5.74, 6) is 0.975. The number of hydrogen-bond donors (Lipinski definition) is 1. The number of anilines is 1. The molecular formula is C14H18N4. The predicted octanol–water partition coefficient (Wildman–Crippen LogP) is 1.54. The van der Waals surface area contributed by atoms with Crippen LogP contribution in [0.25, 0.3) is 0 Å². The average molecular weight is 242 g/mol. The average Bonchev–Trinajstić information content (AvgIpc) is 2.79. The van der Waals surface area contributed by atoms with Crippen molar-refractivity contribution in [3.63, 3.8) is 0 Å². The van der Waals surface area contributed by atoms with Crippen LogP contribution in [0.4, 0.5) is 5.69 Å². The largest absolute Gasteiger partial charge is 0.344 e. The van der Waals surface area contributed by atoms with E-state index in [1.165, 1.54) is 11.3 Å². The van der Waals surface area contributed by atoms with Crippen LogP contribution in [0, 0.1) is 0 Å². The zero-order chi connectivity index (χ0) is 12.7. The quantitative estimate of drug-likeness (QED) is 0.750. The SMILES string of the molecule is CC1=CC(N2CCc3ccccc32)=NC(N)N1C. The van der Waals surface area contributed by atoms with E-state index in [0.29, 0.717) is 0 Å². The van der Waals surface area contributed by atoms with Gasteiger partial charge < -0.3 is 9.80 Å². The number of rotatable bonds is 0. The first-order valence-corrected chi connectivity index (χ1v) is 6.27. The molecule has 0 saturated heterocycles. The highest BCUT2D eigenvalue weighted by molar-refractivity contribution is 6.07. The lowest BCUT2D eigenvalue weighted by atomic mass is 10.2. The van der Waals surface area contributed by atoms with Crippen LogP contribution in [0.2, 0.25) is 0 Å². The number of para-hydroxylation sites is 1. The number of nitrogens with zero attached hydrogens (tertiary/aromatic N) is 3. The molecule has 0 spiro atoms. The molecule has 0 aromatic heterocycles. The Hall–Kier alpha value is -1.81. The lowest BCUT2D eigenvalue weighted by Gasteiger charge is -2.31. The van der Waals surface area contributed by atoms with Crippen LogP contribution in [0.3, 0.4) is 0 Å². The van der Waals surface area contributed by atoms with Crippen LogP contribution >= 0.6 is 0 Å². The van der Waals surface area contributed by atoms with E-state index in [1.807, 2.05) is 11.9 Å². The van der Waals surface area contributed by atoms with Crippen molar-refractivity contribution in [3.8, 4) is 0 Å². The van der Waals surface area contributed by atoms with Gasteiger partial charge in [-0.05, 0) is 31.1 Å². The number of aliphatic imine (C=N–C) groups is 1. The Labute approximate surface area is 107 Å². The summed E-state index contributed by atoms with van der Waals surface area (Å²) in [6, 6.07) is 8.49. The van der Waals surface area contributed by atoms with Gasteiger partial charge in [0.15, 0.2) is 6.29 Å². The van der Waals surface area contributed by atoms with Gasteiger partial charge in [-0.3, -0.25) is 5.73 Å². The number of allylic oxidation sites excluding steroid dienone is 1. The highest BCUT2D eigenvalue weighted by Gasteiger charge is 2.25. The molecule has 1 aromatic rings. The second-order valence-electron chi connectivity index (χ2n) is 4.83. The monoisotopic (exact) mass is 242 g/mol. The van der Waals surface area contributed by atoms with Crippen molar-refractivity contribution >= 4 is 11.5 Å². The number of hydrogen-bond acceptors (Lipinski definition) is 4. The van der Waals surface area contributed by atoms with Gasteiger partial charge in [0, 0.05) is 25.0 Å². The van der Waals surface area contributed by atoms with Crippen molar-refractivity contribution in [1.29, 1.82) is 0 Å². The molecule has 1 aromatic carbocycles. The second-order valence-corrected chi connectivity index (χ2v) is 4.83. The highest BCUT2D eigenvalue weighted by Crippen LogP contribution is 2.29. The Balaban J connectivity index is 1.97. The standard InChI is InChI=1S/C14H18N4/c1-10-9-13(16-14(15)17(10)2)18-8-7-11-5-3-4-6-12(11)18/h3-6,9,14H,7-8,15H2,1-2H3. The van der Waals surface area contributed by atoms with Crippen molar-refractivity contribution in [3.05, 3.63) is 41.6 Å². The fourth-order valence-electron chi connectivity index (χ4n) is 2.48. The number of benzene rings is 1. The number of amidine groups is 1. The lowest BCUT2D eigenvalue weighted by Crippen LogP contribution is -2.43. The summed E-state index contributed by atoms with van der Waals surface area (Å²) >= 11 is 0. The molecular weight excluding hydrogens is 224 g/mol. The first-order chi connectivity index (χ1) is 8.66.